The van der Waals surface area contributed by atoms with Gasteiger partial charge in [0.25, 0.3) is 5.91 Å². The van der Waals surface area contributed by atoms with Crippen LogP contribution in [0, 0.1) is 5.92 Å². The van der Waals surface area contributed by atoms with Crippen molar-refractivity contribution in [2.24, 2.45) is 5.92 Å². The fourth-order valence-corrected chi connectivity index (χ4v) is 3.99. The first-order chi connectivity index (χ1) is 12.0. The summed E-state index contributed by atoms with van der Waals surface area (Å²) in [5.41, 5.74) is 2.50. The molecule has 4 rings (SSSR count). The molecular formula is C19H21Cl2N3O. The first-order valence-corrected chi connectivity index (χ1v) is 9.63. The molecule has 1 aromatic heterocycles. The minimum absolute atomic E-state index is 0.102. The van der Waals surface area contributed by atoms with Gasteiger partial charge < -0.3 is 4.90 Å². The van der Waals surface area contributed by atoms with Gasteiger partial charge in [0.2, 0.25) is 0 Å². The molecule has 1 saturated heterocycles. The molecule has 0 unspecified atom stereocenters. The van der Waals surface area contributed by atoms with E-state index in [1.807, 2.05) is 15.6 Å². The molecule has 0 bridgehead atoms. The van der Waals surface area contributed by atoms with Gasteiger partial charge in [-0.1, -0.05) is 30.1 Å². The fraction of sp³-hybridized carbons (Fsp3) is 0.474. The van der Waals surface area contributed by atoms with Gasteiger partial charge in [-0.15, -0.1) is 0 Å². The summed E-state index contributed by atoms with van der Waals surface area (Å²) in [6, 6.07) is 5.37. The van der Waals surface area contributed by atoms with Gasteiger partial charge in [0.05, 0.1) is 28.2 Å². The number of benzene rings is 1. The Kier molecular flexibility index (Phi) is 4.50. The summed E-state index contributed by atoms with van der Waals surface area (Å²) in [4.78, 5) is 15.0. The quantitative estimate of drug-likeness (QED) is 0.760. The summed E-state index contributed by atoms with van der Waals surface area (Å²) in [6.07, 6.45) is 6.03. The predicted molar refractivity (Wildman–Crippen MR) is 99.9 cm³/mol. The molecule has 1 saturated carbocycles. The summed E-state index contributed by atoms with van der Waals surface area (Å²) in [5.74, 6) is 1.18. The number of hydrogen-bond acceptors (Lipinski definition) is 2. The van der Waals surface area contributed by atoms with E-state index < -0.39 is 0 Å². The molecule has 1 aliphatic heterocycles. The SMILES string of the molecule is CC1CCN(C(=O)c2cnn(-c3ccc(Cl)cc3Cl)c2C2CC2)CC1. The van der Waals surface area contributed by atoms with Crippen molar-refractivity contribution in [1.29, 1.82) is 0 Å². The van der Waals surface area contributed by atoms with Crippen molar-refractivity contribution < 1.29 is 4.79 Å². The third kappa shape index (κ3) is 3.30. The number of carbonyl (C=O) groups is 1. The number of likely N-dealkylation sites (tertiary alicyclic amines) is 1. The van der Waals surface area contributed by atoms with E-state index in [1.54, 1.807) is 18.3 Å². The zero-order valence-corrected chi connectivity index (χ0v) is 15.7. The topological polar surface area (TPSA) is 38.1 Å². The zero-order chi connectivity index (χ0) is 17.6. The average molecular weight is 378 g/mol. The molecule has 0 N–H and O–H groups in total. The van der Waals surface area contributed by atoms with Gasteiger partial charge in [-0.3, -0.25) is 4.79 Å². The molecule has 6 heteroatoms. The molecule has 1 amide bonds. The van der Waals surface area contributed by atoms with Gasteiger partial charge in [0, 0.05) is 24.0 Å². The monoisotopic (exact) mass is 377 g/mol. The molecule has 0 spiro atoms. The van der Waals surface area contributed by atoms with Crippen LogP contribution in [0.5, 0.6) is 0 Å². The molecule has 2 fully saturated rings. The maximum absolute atomic E-state index is 13.1. The van der Waals surface area contributed by atoms with E-state index in [9.17, 15) is 4.79 Å². The van der Waals surface area contributed by atoms with Crippen LogP contribution in [0.4, 0.5) is 0 Å². The minimum atomic E-state index is 0.102. The maximum atomic E-state index is 13.1. The largest absolute Gasteiger partial charge is 0.339 e. The van der Waals surface area contributed by atoms with Crippen molar-refractivity contribution in [3.05, 3.63) is 45.7 Å². The molecule has 132 valence electrons. The van der Waals surface area contributed by atoms with Crippen LogP contribution in [0.2, 0.25) is 10.0 Å². The number of amides is 1. The second-order valence-electron chi connectivity index (χ2n) is 7.20. The Bertz CT molecular complexity index is 805. The van der Waals surface area contributed by atoms with Crippen molar-refractivity contribution in [2.75, 3.05) is 13.1 Å². The van der Waals surface area contributed by atoms with Crippen molar-refractivity contribution in [1.82, 2.24) is 14.7 Å². The third-order valence-corrected chi connectivity index (χ3v) is 5.75. The van der Waals surface area contributed by atoms with Crippen molar-refractivity contribution in [3.8, 4) is 5.69 Å². The second-order valence-corrected chi connectivity index (χ2v) is 8.04. The normalized spacial score (nSPS) is 18.6. The van der Waals surface area contributed by atoms with Crippen molar-refractivity contribution in [2.45, 2.75) is 38.5 Å². The molecule has 2 aliphatic rings. The maximum Gasteiger partial charge on any atom is 0.257 e. The molecule has 2 aromatic rings. The van der Waals surface area contributed by atoms with Crippen LogP contribution in [0.3, 0.4) is 0 Å². The van der Waals surface area contributed by atoms with Gasteiger partial charge in [-0.2, -0.15) is 5.10 Å². The van der Waals surface area contributed by atoms with Crippen LogP contribution in [0.1, 0.15) is 54.6 Å². The minimum Gasteiger partial charge on any atom is -0.339 e. The van der Waals surface area contributed by atoms with Crippen LogP contribution >= 0.6 is 23.2 Å². The fourth-order valence-electron chi connectivity index (χ4n) is 3.50. The smallest absolute Gasteiger partial charge is 0.257 e. The summed E-state index contributed by atoms with van der Waals surface area (Å²) in [5, 5.41) is 5.65. The highest BCUT2D eigenvalue weighted by molar-refractivity contribution is 6.35. The Morgan fingerprint density at radius 2 is 1.88 bits per heavy atom. The Hall–Kier alpha value is -1.52. The summed E-state index contributed by atoms with van der Waals surface area (Å²) in [7, 11) is 0. The Balaban J connectivity index is 1.70. The Morgan fingerprint density at radius 1 is 1.16 bits per heavy atom. The van der Waals surface area contributed by atoms with Crippen LogP contribution in [-0.4, -0.2) is 33.7 Å². The lowest BCUT2D eigenvalue weighted by Crippen LogP contribution is -2.38. The zero-order valence-electron chi connectivity index (χ0n) is 14.2. The highest BCUT2D eigenvalue weighted by atomic mass is 35.5. The van der Waals surface area contributed by atoms with Gasteiger partial charge in [0.15, 0.2) is 0 Å². The van der Waals surface area contributed by atoms with E-state index in [4.69, 9.17) is 23.2 Å². The number of hydrogen-bond donors (Lipinski definition) is 0. The van der Waals surface area contributed by atoms with Gasteiger partial charge in [-0.25, -0.2) is 4.68 Å². The van der Waals surface area contributed by atoms with Crippen molar-refractivity contribution >= 4 is 29.1 Å². The molecule has 4 nitrogen and oxygen atoms in total. The van der Waals surface area contributed by atoms with Gasteiger partial charge in [0.1, 0.15) is 0 Å². The summed E-state index contributed by atoms with van der Waals surface area (Å²) >= 11 is 12.4. The first-order valence-electron chi connectivity index (χ1n) is 8.87. The summed E-state index contributed by atoms with van der Waals surface area (Å²) in [6.45, 7) is 3.91. The van der Waals surface area contributed by atoms with Crippen LogP contribution in [0.15, 0.2) is 24.4 Å². The highest BCUT2D eigenvalue weighted by Crippen LogP contribution is 2.43. The third-order valence-electron chi connectivity index (χ3n) is 5.21. The highest BCUT2D eigenvalue weighted by Gasteiger charge is 2.35. The predicted octanol–water partition coefficient (Wildman–Crippen LogP) is 4.93. The molecule has 0 radical (unpaired) electrons. The number of piperidine rings is 1. The second kappa shape index (κ2) is 6.65. The lowest BCUT2D eigenvalue weighted by molar-refractivity contribution is 0.0696. The molecule has 1 aromatic carbocycles. The number of aromatic nitrogens is 2. The number of carbonyl (C=O) groups excluding carboxylic acids is 1. The molecule has 2 heterocycles. The number of halogens is 2. The number of nitrogens with zero attached hydrogens (tertiary/aromatic N) is 3. The first kappa shape index (κ1) is 16.9. The standard InChI is InChI=1S/C19H21Cl2N3O/c1-12-6-8-23(9-7-12)19(25)15-11-22-24(18(15)13-2-3-13)17-5-4-14(20)10-16(17)21/h4-5,10-13H,2-3,6-9H2,1H3. The average Bonchev–Trinajstić information content (AvgIpc) is 3.34. The van der Waals surface area contributed by atoms with E-state index in [-0.39, 0.29) is 5.91 Å². The van der Waals surface area contributed by atoms with Gasteiger partial charge in [-0.05, 0) is 49.8 Å². The molecule has 0 atom stereocenters. The lowest BCUT2D eigenvalue weighted by Gasteiger charge is -2.30. The summed E-state index contributed by atoms with van der Waals surface area (Å²) < 4.78 is 1.83. The molecule has 1 aliphatic carbocycles. The van der Waals surface area contributed by atoms with E-state index in [0.717, 1.165) is 55.7 Å². The van der Waals surface area contributed by atoms with E-state index in [1.165, 1.54) is 0 Å². The van der Waals surface area contributed by atoms with Crippen molar-refractivity contribution in [3.63, 3.8) is 0 Å². The van der Waals surface area contributed by atoms with Crippen LogP contribution in [0.25, 0.3) is 5.69 Å². The van der Waals surface area contributed by atoms with E-state index in [0.29, 0.717) is 21.9 Å². The molecule has 25 heavy (non-hydrogen) atoms. The van der Waals surface area contributed by atoms with E-state index in [2.05, 4.69) is 12.0 Å². The molecular weight excluding hydrogens is 357 g/mol. The Labute approximate surface area is 157 Å². The van der Waals surface area contributed by atoms with Crippen LogP contribution in [-0.2, 0) is 0 Å². The number of rotatable bonds is 3. The lowest BCUT2D eigenvalue weighted by atomic mass is 9.98. The van der Waals surface area contributed by atoms with Crippen LogP contribution < -0.4 is 0 Å². The Morgan fingerprint density at radius 3 is 2.52 bits per heavy atom. The van der Waals surface area contributed by atoms with Gasteiger partial charge >= 0.3 is 0 Å². The van der Waals surface area contributed by atoms with E-state index >= 15 is 0 Å².